The number of Topliss-reactive ketones (excluding diaryl/α,β-unsaturated/α-hetero) is 1. The first-order valence-corrected chi connectivity index (χ1v) is 9.61. The summed E-state index contributed by atoms with van der Waals surface area (Å²) in [6.45, 7) is 3.10. The molecule has 1 aliphatic rings. The number of aryl methyl sites for hydroxylation is 1. The first-order chi connectivity index (χ1) is 14.2. The van der Waals surface area contributed by atoms with Gasteiger partial charge in [0, 0.05) is 35.2 Å². The summed E-state index contributed by atoms with van der Waals surface area (Å²) in [7, 11) is 0. The fourth-order valence-corrected chi connectivity index (χ4v) is 3.38. The van der Waals surface area contributed by atoms with Crippen LogP contribution in [0.25, 0.3) is 0 Å². The largest absolute Gasteiger partial charge is 0.454 e. The fraction of sp³-hybridized carbons (Fsp3) is 0.286. The molecule has 2 atom stereocenters. The first kappa shape index (κ1) is 21.4. The second-order valence-electron chi connectivity index (χ2n) is 7.08. The van der Waals surface area contributed by atoms with Gasteiger partial charge in [0.2, 0.25) is 11.7 Å². The Labute approximate surface area is 177 Å². The molecule has 1 fully saturated rings. The van der Waals surface area contributed by atoms with E-state index in [0.717, 1.165) is 0 Å². The van der Waals surface area contributed by atoms with E-state index in [9.17, 15) is 24.5 Å². The highest BCUT2D eigenvalue weighted by atomic mass is 35.5. The van der Waals surface area contributed by atoms with Crippen LogP contribution in [0.1, 0.15) is 29.3 Å². The molecule has 9 heteroatoms. The van der Waals surface area contributed by atoms with Crippen molar-refractivity contribution >= 4 is 40.6 Å². The van der Waals surface area contributed by atoms with E-state index >= 15 is 0 Å². The van der Waals surface area contributed by atoms with Crippen molar-refractivity contribution in [3.63, 3.8) is 0 Å². The molecule has 1 amide bonds. The molecule has 3 rings (SSSR count). The number of esters is 1. The van der Waals surface area contributed by atoms with Gasteiger partial charge in [-0.3, -0.25) is 24.5 Å². The van der Waals surface area contributed by atoms with Crippen LogP contribution in [-0.4, -0.2) is 35.2 Å². The third-order valence-electron chi connectivity index (χ3n) is 4.95. The maximum atomic E-state index is 12.5. The van der Waals surface area contributed by atoms with E-state index in [1.165, 1.54) is 17.9 Å². The minimum Gasteiger partial charge on any atom is -0.454 e. The smallest absolute Gasteiger partial charge is 0.312 e. The van der Waals surface area contributed by atoms with E-state index in [1.807, 2.05) is 0 Å². The van der Waals surface area contributed by atoms with Crippen molar-refractivity contribution in [3.8, 4) is 0 Å². The van der Waals surface area contributed by atoms with Gasteiger partial charge in [-0.1, -0.05) is 17.7 Å². The summed E-state index contributed by atoms with van der Waals surface area (Å²) >= 11 is 5.81. The zero-order valence-corrected chi connectivity index (χ0v) is 17.1. The highest BCUT2D eigenvalue weighted by molar-refractivity contribution is 6.30. The van der Waals surface area contributed by atoms with Gasteiger partial charge in [-0.15, -0.1) is 0 Å². The number of halogens is 1. The van der Waals surface area contributed by atoms with Gasteiger partial charge in [-0.25, -0.2) is 0 Å². The third-order valence-corrected chi connectivity index (χ3v) is 5.20. The van der Waals surface area contributed by atoms with Gasteiger partial charge in [-0.2, -0.15) is 0 Å². The fourth-order valence-electron chi connectivity index (χ4n) is 3.25. The molecule has 0 unspecified atom stereocenters. The molecule has 0 spiro atoms. The summed E-state index contributed by atoms with van der Waals surface area (Å²) in [5.74, 6) is -2.15. The maximum Gasteiger partial charge on any atom is 0.312 e. The van der Waals surface area contributed by atoms with Crippen LogP contribution in [0.4, 0.5) is 11.4 Å². The number of rotatable bonds is 6. The second kappa shape index (κ2) is 8.62. The number of ether oxygens (including phenoxy) is 1. The van der Waals surface area contributed by atoms with Crippen LogP contribution in [0.2, 0.25) is 5.02 Å². The van der Waals surface area contributed by atoms with Crippen molar-refractivity contribution in [2.45, 2.75) is 26.4 Å². The van der Waals surface area contributed by atoms with Gasteiger partial charge in [0.15, 0.2) is 6.10 Å². The lowest BCUT2D eigenvalue weighted by atomic mass is 10.1. The predicted octanol–water partition coefficient (Wildman–Crippen LogP) is 3.72. The molecule has 1 heterocycles. The van der Waals surface area contributed by atoms with Crippen molar-refractivity contribution < 1.29 is 24.0 Å². The Morgan fingerprint density at radius 3 is 2.53 bits per heavy atom. The van der Waals surface area contributed by atoms with Gasteiger partial charge >= 0.3 is 5.97 Å². The lowest BCUT2D eigenvalue weighted by molar-refractivity contribution is -0.385. The Morgan fingerprint density at radius 1 is 1.23 bits per heavy atom. The molecule has 1 aliphatic heterocycles. The third kappa shape index (κ3) is 4.49. The zero-order chi connectivity index (χ0) is 22.0. The van der Waals surface area contributed by atoms with Gasteiger partial charge in [0.25, 0.3) is 5.69 Å². The van der Waals surface area contributed by atoms with E-state index < -0.39 is 22.9 Å². The van der Waals surface area contributed by atoms with Crippen molar-refractivity contribution in [2.24, 2.45) is 5.92 Å². The van der Waals surface area contributed by atoms with Crippen LogP contribution in [0.3, 0.4) is 0 Å². The average Bonchev–Trinajstić information content (AvgIpc) is 3.10. The number of nitrogens with zero attached hydrogens (tertiary/aromatic N) is 2. The van der Waals surface area contributed by atoms with Crippen LogP contribution in [0, 0.1) is 23.0 Å². The van der Waals surface area contributed by atoms with Gasteiger partial charge in [0.05, 0.1) is 16.5 Å². The SMILES string of the molecule is Cc1ccc(N2C[C@@H](C(=O)O[C@@H](C)C(=O)c3ccc(Cl)cc3)CC2=O)cc1[N+](=O)[O-]. The van der Waals surface area contributed by atoms with E-state index in [-0.39, 0.29) is 30.3 Å². The Balaban J connectivity index is 1.68. The average molecular weight is 431 g/mol. The molecule has 2 aromatic carbocycles. The first-order valence-electron chi connectivity index (χ1n) is 9.23. The van der Waals surface area contributed by atoms with Crippen molar-refractivity contribution in [1.82, 2.24) is 0 Å². The number of nitro benzene ring substituents is 1. The molecular formula is C21H19ClN2O6. The molecule has 0 bridgehead atoms. The summed E-state index contributed by atoms with van der Waals surface area (Å²) in [6.07, 6.45) is -1.12. The molecular weight excluding hydrogens is 412 g/mol. The number of hydrogen-bond acceptors (Lipinski definition) is 6. The molecule has 0 N–H and O–H groups in total. The molecule has 0 saturated carbocycles. The summed E-state index contributed by atoms with van der Waals surface area (Å²) in [4.78, 5) is 49.3. The van der Waals surface area contributed by atoms with Crippen LogP contribution < -0.4 is 4.90 Å². The van der Waals surface area contributed by atoms with Crippen LogP contribution in [-0.2, 0) is 14.3 Å². The molecule has 30 heavy (non-hydrogen) atoms. The minimum atomic E-state index is -1.02. The maximum absolute atomic E-state index is 12.5. The Bertz CT molecular complexity index is 1020. The monoisotopic (exact) mass is 430 g/mol. The number of benzene rings is 2. The number of anilines is 1. The van der Waals surface area contributed by atoms with E-state index in [2.05, 4.69) is 0 Å². The topological polar surface area (TPSA) is 107 Å². The van der Waals surface area contributed by atoms with Crippen molar-refractivity contribution in [3.05, 3.63) is 68.7 Å². The minimum absolute atomic E-state index is 0.0275. The second-order valence-corrected chi connectivity index (χ2v) is 7.52. The van der Waals surface area contributed by atoms with Crippen LogP contribution in [0.15, 0.2) is 42.5 Å². The molecule has 156 valence electrons. The Hall–Kier alpha value is -3.26. The summed E-state index contributed by atoms with van der Waals surface area (Å²) in [6, 6.07) is 10.7. The Kier molecular flexibility index (Phi) is 6.17. The Morgan fingerprint density at radius 2 is 1.90 bits per heavy atom. The van der Waals surface area contributed by atoms with Gasteiger partial charge in [0.1, 0.15) is 0 Å². The highest BCUT2D eigenvalue weighted by Crippen LogP contribution is 2.30. The standard InChI is InChI=1S/C21H19ClN2O6/c1-12-3-8-17(10-18(12)24(28)29)23-11-15(9-19(23)25)21(27)30-13(2)20(26)14-4-6-16(22)7-5-14/h3-8,10,13,15H,9,11H2,1-2H3/t13-,15-/m0/s1. The number of ketones is 1. The van der Waals surface area contributed by atoms with E-state index in [0.29, 0.717) is 21.8 Å². The van der Waals surface area contributed by atoms with E-state index in [1.54, 1.807) is 43.3 Å². The molecule has 0 aromatic heterocycles. The molecule has 1 saturated heterocycles. The summed E-state index contributed by atoms with van der Waals surface area (Å²) in [5.41, 5.74) is 1.07. The number of carbonyl (C=O) groups excluding carboxylic acids is 3. The van der Waals surface area contributed by atoms with E-state index in [4.69, 9.17) is 16.3 Å². The number of carbonyl (C=O) groups is 3. The van der Waals surface area contributed by atoms with Gasteiger partial charge in [-0.05, 0) is 44.2 Å². The quantitative estimate of drug-likeness (QED) is 0.299. The van der Waals surface area contributed by atoms with Crippen LogP contribution >= 0.6 is 11.6 Å². The lowest BCUT2D eigenvalue weighted by Gasteiger charge is -2.18. The van der Waals surface area contributed by atoms with Crippen LogP contribution in [0.5, 0.6) is 0 Å². The number of hydrogen-bond donors (Lipinski definition) is 0. The van der Waals surface area contributed by atoms with Crippen molar-refractivity contribution in [1.29, 1.82) is 0 Å². The van der Waals surface area contributed by atoms with Gasteiger partial charge < -0.3 is 9.64 Å². The normalized spacial score (nSPS) is 17.0. The molecule has 0 radical (unpaired) electrons. The molecule has 8 nitrogen and oxygen atoms in total. The lowest BCUT2D eigenvalue weighted by Crippen LogP contribution is -2.30. The predicted molar refractivity (Wildman–Crippen MR) is 110 cm³/mol. The summed E-state index contributed by atoms with van der Waals surface area (Å²) in [5, 5.41) is 11.6. The number of nitro groups is 1. The van der Waals surface area contributed by atoms with Crippen molar-refractivity contribution in [2.75, 3.05) is 11.4 Å². The summed E-state index contributed by atoms with van der Waals surface area (Å²) < 4.78 is 5.29. The zero-order valence-electron chi connectivity index (χ0n) is 16.3. The number of amides is 1. The molecule has 0 aliphatic carbocycles. The highest BCUT2D eigenvalue weighted by Gasteiger charge is 2.38. The molecule has 2 aromatic rings.